The van der Waals surface area contributed by atoms with Gasteiger partial charge in [-0.15, -0.1) is 22.7 Å². The first-order valence-corrected chi connectivity index (χ1v) is 9.79. The first-order chi connectivity index (χ1) is 13.2. The van der Waals surface area contributed by atoms with Crippen LogP contribution in [0.4, 0.5) is 9.52 Å². The van der Waals surface area contributed by atoms with E-state index < -0.39 is 0 Å². The number of amides is 1. The van der Waals surface area contributed by atoms with Gasteiger partial charge in [-0.05, 0) is 36.4 Å². The van der Waals surface area contributed by atoms with E-state index in [9.17, 15) is 9.18 Å². The van der Waals surface area contributed by atoms with Crippen molar-refractivity contribution in [1.82, 2.24) is 15.0 Å². The van der Waals surface area contributed by atoms with Crippen LogP contribution in [0.2, 0.25) is 0 Å². The summed E-state index contributed by atoms with van der Waals surface area (Å²) < 4.78 is 13.0. The van der Waals surface area contributed by atoms with Gasteiger partial charge >= 0.3 is 0 Å². The molecule has 0 aliphatic carbocycles. The van der Waals surface area contributed by atoms with Gasteiger partial charge in [-0.3, -0.25) is 9.78 Å². The second-order valence-corrected chi connectivity index (χ2v) is 7.37. The number of carbonyl (C=O) groups excluding carboxylic acids is 1. The number of nitrogens with zero attached hydrogens (tertiary/aromatic N) is 3. The summed E-state index contributed by atoms with van der Waals surface area (Å²) in [5.74, 6) is -0.477. The van der Waals surface area contributed by atoms with Crippen LogP contribution < -0.4 is 5.32 Å². The van der Waals surface area contributed by atoms with Gasteiger partial charge in [0.25, 0.3) is 0 Å². The van der Waals surface area contributed by atoms with Crippen molar-refractivity contribution in [2.75, 3.05) is 5.32 Å². The molecule has 0 spiro atoms. The molecule has 1 amide bonds. The van der Waals surface area contributed by atoms with E-state index in [2.05, 4.69) is 20.3 Å². The number of thiazole rings is 2. The summed E-state index contributed by atoms with van der Waals surface area (Å²) in [4.78, 5) is 25.2. The quantitative estimate of drug-likeness (QED) is 0.533. The first kappa shape index (κ1) is 17.4. The molecule has 0 atom stereocenters. The molecule has 0 unspecified atom stereocenters. The van der Waals surface area contributed by atoms with Crippen LogP contribution in [0.1, 0.15) is 5.69 Å². The Morgan fingerprint density at radius 3 is 2.67 bits per heavy atom. The van der Waals surface area contributed by atoms with E-state index in [-0.39, 0.29) is 18.1 Å². The Balaban J connectivity index is 1.40. The highest BCUT2D eigenvalue weighted by atomic mass is 32.1. The Labute approximate surface area is 162 Å². The number of aromatic nitrogens is 3. The third-order valence-corrected chi connectivity index (χ3v) is 5.39. The lowest BCUT2D eigenvalue weighted by molar-refractivity contribution is -0.115. The molecule has 1 aromatic carbocycles. The zero-order valence-corrected chi connectivity index (χ0v) is 15.6. The molecule has 0 aliphatic rings. The van der Waals surface area contributed by atoms with Gasteiger partial charge in [-0.2, -0.15) is 0 Å². The molecule has 0 fully saturated rings. The average molecular weight is 396 g/mol. The maximum Gasteiger partial charge on any atom is 0.232 e. The molecule has 5 nitrogen and oxygen atoms in total. The van der Waals surface area contributed by atoms with Gasteiger partial charge in [0.1, 0.15) is 10.8 Å². The molecular formula is C19H13FN4OS2. The molecule has 0 bridgehead atoms. The van der Waals surface area contributed by atoms with Gasteiger partial charge < -0.3 is 5.32 Å². The Hall–Kier alpha value is -2.97. The predicted octanol–water partition coefficient (Wildman–Crippen LogP) is 4.65. The molecule has 0 radical (unpaired) electrons. The highest BCUT2D eigenvalue weighted by Gasteiger charge is 2.12. The van der Waals surface area contributed by atoms with Gasteiger partial charge in [0.2, 0.25) is 5.91 Å². The van der Waals surface area contributed by atoms with Crippen LogP contribution in [-0.4, -0.2) is 20.9 Å². The summed E-state index contributed by atoms with van der Waals surface area (Å²) in [5, 5.41) is 7.82. The maximum absolute atomic E-state index is 13.0. The van der Waals surface area contributed by atoms with E-state index in [0.29, 0.717) is 16.5 Å². The maximum atomic E-state index is 13.0. The van der Waals surface area contributed by atoms with Crippen molar-refractivity contribution in [3.8, 4) is 21.8 Å². The SMILES string of the molecule is O=C(Cc1csc(-c2cccnc2)n1)Nc1nc(-c2ccc(F)cc2)cs1. The minimum atomic E-state index is -0.295. The van der Waals surface area contributed by atoms with Crippen LogP contribution in [0.5, 0.6) is 0 Å². The summed E-state index contributed by atoms with van der Waals surface area (Å²) in [7, 11) is 0. The third-order valence-electron chi connectivity index (χ3n) is 3.69. The van der Waals surface area contributed by atoms with Crippen molar-refractivity contribution >= 4 is 33.7 Å². The molecule has 0 aliphatic heterocycles. The largest absolute Gasteiger partial charge is 0.302 e. The molecule has 8 heteroatoms. The normalized spacial score (nSPS) is 10.7. The number of halogens is 1. The Morgan fingerprint density at radius 2 is 1.89 bits per heavy atom. The Bertz CT molecular complexity index is 1060. The minimum absolute atomic E-state index is 0.169. The van der Waals surface area contributed by atoms with Crippen LogP contribution in [0, 0.1) is 5.82 Å². The number of rotatable bonds is 5. The lowest BCUT2D eigenvalue weighted by atomic mass is 10.2. The van der Waals surface area contributed by atoms with Crippen LogP contribution in [0.15, 0.2) is 59.6 Å². The molecule has 27 heavy (non-hydrogen) atoms. The molecule has 0 saturated heterocycles. The van der Waals surface area contributed by atoms with Gasteiger partial charge in [0, 0.05) is 34.3 Å². The van der Waals surface area contributed by atoms with Crippen LogP contribution >= 0.6 is 22.7 Å². The molecule has 3 heterocycles. The predicted molar refractivity (Wildman–Crippen MR) is 105 cm³/mol. The summed E-state index contributed by atoms with van der Waals surface area (Å²) in [6.07, 6.45) is 3.62. The summed E-state index contributed by atoms with van der Waals surface area (Å²) in [5.41, 5.74) is 3.13. The minimum Gasteiger partial charge on any atom is -0.302 e. The lowest BCUT2D eigenvalue weighted by Gasteiger charge is -2.00. The summed E-state index contributed by atoms with van der Waals surface area (Å²) >= 11 is 2.81. The smallest absolute Gasteiger partial charge is 0.232 e. The zero-order chi connectivity index (χ0) is 18.6. The fourth-order valence-corrected chi connectivity index (χ4v) is 3.97. The first-order valence-electron chi connectivity index (χ1n) is 8.03. The molecule has 3 aromatic heterocycles. The number of nitrogens with one attached hydrogen (secondary N) is 1. The highest BCUT2D eigenvalue weighted by Crippen LogP contribution is 2.26. The monoisotopic (exact) mass is 396 g/mol. The molecule has 4 rings (SSSR count). The average Bonchev–Trinajstić information content (AvgIpc) is 3.33. The van der Waals surface area contributed by atoms with E-state index >= 15 is 0 Å². The number of benzene rings is 1. The third kappa shape index (κ3) is 4.24. The Kier molecular flexibility index (Phi) is 4.99. The number of pyridine rings is 1. The number of hydrogen-bond donors (Lipinski definition) is 1. The number of carbonyl (C=O) groups is 1. The van der Waals surface area contributed by atoms with E-state index in [1.54, 1.807) is 24.5 Å². The Morgan fingerprint density at radius 1 is 1.04 bits per heavy atom. The second-order valence-electron chi connectivity index (χ2n) is 5.66. The van der Waals surface area contributed by atoms with Crippen molar-refractivity contribution < 1.29 is 9.18 Å². The van der Waals surface area contributed by atoms with Gasteiger partial charge in [0.15, 0.2) is 5.13 Å². The van der Waals surface area contributed by atoms with Crippen molar-refractivity contribution in [3.05, 3.63) is 71.1 Å². The molecular weight excluding hydrogens is 383 g/mol. The van der Waals surface area contributed by atoms with E-state index in [1.807, 2.05) is 22.9 Å². The summed E-state index contributed by atoms with van der Waals surface area (Å²) in [6, 6.07) is 9.87. The van der Waals surface area contributed by atoms with Crippen molar-refractivity contribution in [3.63, 3.8) is 0 Å². The highest BCUT2D eigenvalue weighted by molar-refractivity contribution is 7.14. The fourth-order valence-electron chi connectivity index (χ4n) is 2.42. The zero-order valence-electron chi connectivity index (χ0n) is 13.9. The number of anilines is 1. The van der Waals surface area contributed by atoms with Crippen LogP contribution in [0.25, 0.3) is 21.8 Å². The van der Waals surface area contributed by atoms with Crippen molar-refractivity contribution in [2.45, 2.75) is 6.42 Å². The van der Waals surface area contributed by atoms with Crippen molar-refractivity contribution in [2.24, 2.45) is 0 Å². The van der Waals surface area contributed by atoms with E-state index in [4.69, 9.17) is 0 Å². The molecule has 134 valence electrons. The van der Waals surface area contributed by atoms with Crippen LogP contribution in [-0.2, 0) is 11.2 Å². The standard InChI is InChI=1S/C19H13FN4OS2/c20-14-5-3-12(4-6-14)16-11-27-19(23-16)24-17(25)8-15-10-26-18(22-15)13-2-1-7-21-9-13/h1-7,9-11H,8H2,(H,23,24,25). The molecule has 4 aromatic rings. The van der Waals surface area contributed by atoms with Gasteiger partial charge in [0.05, 0.1) is 17.8 Å². The second kappa shape index (κ2) is 7.73. The topological polar surface area (TPSA) is 67.8 Å². The number of hydrogen-bond acceptors (Lipinski definition) is 6. The fraction of sp³-hybridized carbons (Fsp3) is 0.0526. The van der Waals surface area contributed by atoms with Crippen LogP contribution in [0.3, 0.4) is 0 Å². The summed E-state index contributed by atoms with van der Waals surface area (Å²) in [6.45, 7) is 0. The molecule has 1 N–H and O–H groups in total. The lowest BCUT2D eigenvalue weighted by Crippen LogP contribution is -2.14. The van der Waals surface area contributed by atoms with Gasteiger partial charge in [-0.25, -0.2) is 14.4 Å². The molecule has 0 saturated carbocycles. The van der Waals surface area contributed by atoms with E-state index in [0.717, 1.165) is 16.1 Å². The van der Waals surface area contributed by atoms with Crippen molar-refractivity contribution in [1.29, 1.82) is 0 Å². The van der Waals surface area contributed by atoms with E-state index in [1.165, 1.54) is 34.8 Å². The van der Waals surface area contributed by atoms with Gasteiger partial charge in [-0.1, -0.05) is 0 Å².